The van der Waals surface area contributed by atoms with Gasteiger partial charge in [0.1, 0.15) is 0 Å². The highest BCUT2D eigenvalue weighted by molar-refractivity contribution is 7.26. The molecular formula is C67H65BN2S. The average Bonchev–Trinajstić information content (AvgIpc) is 3.83. The van der Waals surface area contributed by atoms with Gasteiger partial charge in [0.05, 0.1) is 5.69 Å². The summed E-state index contributed by atoms with van der Waals surface area (Å²) in [5.41, 5.74) is 25.2. The quantitative estimate of drug-likeness (QED) is 0.163. The average molecular weight is 941 g/mol. The van der Waals surface area contributed by atoms with Crippen molar-refractivity contribution < 1.29 is 0 Å². The van der Waals surface area contributed by atoms with Crippen LogP contribution in [0.2, 0.25) is 0 Å². The predicted octanol–water partition coefficient (Wildman–Crippen LogP) is 17.7. The maximum Gasteiger partial charge on any atom is 0.333 e. The normalized spacial score (nSPS) is 16.9. The van der Waals surface area contributed by atoms with E-state index in [1.165, 1.54) is 126 Å². The van der Waals surface area contributed by atoms with E-state index < -0.39 is 0 Å². The second-order valence-electron chi connectivity index (χ2n) is 25.2. The molecule has 0 N–H and O–H groups in total. The van der Waals surface area contributed by atoms with E-state index in [-0.39, 0.29) is 33.9 Å². The maximum absolute atomic E-state index is 2.78. The van der Waals surface area contributed by atoms with E-state index in [0.717, 1.165) is 12.8 Å². The summed E-state index contributed by atoms with van der Waals surface area (Å²) < 4.78 is 2.72. The number of rotatable bonds is 3. The van der Waals surface area contributed by atoms with Crippen molar-refractivity contribution in [1.29, 1.82) is 0 Å². The Bertz CT molecular complexity index is 3710. The Morgan fingerprint density at radius 3 is 1.87 bits per heavy atom. The van der Waals surface area contributed by atoms with Crippen molar-refractivity contribution in [1.82, 2.24) is 0 Å². The summed E-state index contributed by atoms with van der Waals surface area (Å²) >= 11 is 1.98. The first-order valence-corrected chi connectivity index (χ1v) is 26.9. The zero-order valence-corrected chi connectivity index (χ0v) is 44.5. The lowest BCUT2D eigenvalue weighted by Gasteiger charge is -2.49. The van der Waals surface area contributed by atoms with Gasteiger partial charge in [-0.1, -0.05) is 186 Å². The van der Waals surface area contributed by atoms with Crippen molar-refractivity contribution in [3.63, 3.8) is 0 Å². The molecule has 0 fully saturated rings. The van der Waals surface area contributed by atoms with Crippen LogP contribution >= 0.6 is 11.3 Å². The molecule has 1 aromatic heterocycles. The second-order valence-corrected chi connectivity index (χ2v) is 26.2. The van der Waals surface area contributed by atoms with Crippen LogP contribution < -0.4 is 20.6 Å². The van der Waals surface area contributed by atoms with Gasteiger partial charge in [-0.25, -0.2) is 0 Å². The second kappa shape index (κ2) is 14.9. The number of anilines is 5. The molecule has 13 rings (SSSR count). The highest BCUT2D eigenvalue weighted by Gasteiger charge is 2.51. The number of fused-ring (bicyclic) bond motifs is 13. The molecule has 2 aliphatic carbocycles. The minimum Gasteiger partial charge on any atom is -0.376 e. The molecule has 0 radical (unpaired) electrons. The lowest BCUT2D eigenvalue weighted by molar-refractivity contribution is 0.332. The van der Waals surface area contributed by atoms with Crippen molar-refractivity contribution in [2.45, 2.75) is 123 Å². The Kier molecular flexibility index (Phi) is 9.33. The molecule has 9 aromatic rings. The summed E-state index contributed by atoms with van der Waals surface area (Å²) in [4.78, 5) is 5.54. The molecule has 0 unspecified atom stereocenters. The van der Waals surface area contributed by atoms with Gasteiger partial charge in [0.2, 0.25) is 0 Å². The smallest absolute Gasteiger partial charge is 0.333 e. The third-order valence-electron chi connectivity index (χ3n) is 17.4. The molecule has 2 aliphatic heterocycles. The van der Waals surface area contributed by atoms with Crippen molar-refractivity contribution in [3.05, 3.63) is 185 Å². The monoisotopic (exact) mass is 940 g/mol. The van der Waals surface area contributed by atoms with E-state index in [0.29, 0.717) is 0 Å². The first kappa shape index (κ1) is 44.6. The van der Waals surface area contributed by atoms with Gasteiger partial charge < -0.3 is 9.71 Å². The lowest BCUT2D eigenvalue weighted by Crippen LogP contribution is -2.62. The standard InChI is InChI=1S/C67H65BN2S/c1-63(2,3)41-26-29-43(30-27-41)70-55-39-52-51(65(7,8)34-35-66(52,9)10)37-49(55)58-60-56(38-48-45-23-17-19-25-57(45)71-62(48)58)69(54-33-28-42(64(4,5)6)36-47(54)40-20-14-13-15-21-40)61-53(68(60)70)32-31-46-44-22-16-18-24-50(44)67(11,12)59(46)61/h13-33,36-39H,34-35H2,1-12H3. The molecule has 8 aromatic carbocycles. The Hall–Kier alpha value is -6.36. The molecule has 4 heteroatoms. The van der Waals surface area contributed by atoms with Gasteiger partial charge in [0.15, 0.2) is 0 Å². The fraction of sp³-hybridized carbons (Fsp3) is 0.284. The van der Waals surface area contributed by atoms with E-state index in [1.807, 2.05) is 11.3 Å². The molecule has 4 aliphatic rings. The minimum absolute atomic E-state index is 0.0254. The van der Waals surface area contributed by atoms with Crippen molar-refractivity contribution >= 4 is 77.7 Å². The minimum atomic E-state index is -0.284. The van der Waals surface area contributed by atoms with E-state index in [1.54, 1.807) is 0 Å². The van der Waals surface area contributed by atoms with Crippen LogP contribution in [0.15, 0.2) is 152 Å². The van der Waals surface area contributed by atoms with Gasteiger partial charge in [-0.05, 0) is 144 Å². The molecule has 2 nitrogen and oxygen atoms in total. The fourth-order valence-corrected chi connectivity index (χ4v) is 14.6. The van der Waals surface area contributed by atoms with Gasteiger partial charge in [0, 0.05) is 65.0 Å². The van der Waals surface area contributed by atoms with Crippen molar-refractivity contribution in [3.8, 4) is 33.4 Å². The highest BCUT2D eigenvalue weighted by atomic mass is 32.1. The van der Waals surface area contributed by atoms with Gasteiger partial charge >= 0.3 is 6.85 Å². The lowest BCUT2D eigenvalue weighted by atomic mass is 9.42. The SMILES string of the molecule is CC(C)(C)c1ccc(N2B3c4ccc5c(c4N(c4ccc(C(C)(C)C)cc4-c4ccccc4)c4cc6c(sc7ccccc76)c(c43)-c3cc4c(cc32)C(C)(C)CCC4(C)C)C(C)(C)c2ccccc2-5)cc1. The molecule has 0 amide bonds. The molecule has 352 valence electrons. The summed E-state index contributed by atoms with van der Waals surface area (Å²) in [5, 5.41) is 2.66. The highest BCUT2D eigenvalue weighted by Crippen LogP contribution is 2.60. The van der Waals surface area contributed by atoms with Crippen LogP contribution in [-0.2, 0) is 27.1 Å². The molecule has 0 atom stereocenters. The topological polar surface area (TPSA) is 6.48 Å². The number of hydrogen-bond acceptors (Lipinski definition) is 3. The third kappa shape index (κ3) is 6.38. The van der Waals surface area contributed by atoms with Crippen molar-refractivity contribution in [2.24, 2.45) is 0 Å². The molecule has 3 heterocycles. The van der Waals surface area contributed by atoms with Crippen LogP contribution in [0.25, 0.3) is 53.6 Å². The van der Waals surface area contributed by atoms with Crippen LogP contribution in [0.1, 0.15) is 129 Å². The van der Waals surface area contributed by atoms with Gasteiger partial charge in [-0.15, -0.1) is 11.3 Å². The number of nitrogens with zero attached hydrogens (tertiary/aromatic N) is 2. The number of hydrogen-bond donors (Lipinski definition) is 0. The van der Waals surface area contributed by atoms with Crippen LogP contribution in [0.5, 0.6) is 0 Å². The molecule has 0 saturated carbocycles. The van der Waals surface area contributed by atoms with E-state index in [2.05, 4.69) is 244 Å². The van der Waals surface area contributed by atoms with Gasteiger partial charge in [0.25, 0.3) is 0 Å². The molecule has 0 bridgehead atoms. The van der Waals surface area contributed by atoms with Crippen molar-refractivity contribution in [2.75, 3.05) is 9.71 Å². The first-order chi connectivity index (χ1) is 33.7. The fourth-order valence-electron chi connectivity index (χ4n) is 13.3. The van der Waals surface area contributed by atoms with Crippen LogP contribution in [0.3, 0.4) is 0 Å². The zero-order chi connectivity index (χ0) is 49.3. The summed E-state index contributed by atoms with van der Waals surface area (Å²) in [7, 11) is 0. The zero-order valence-electron chi connectivity index (χ0n) is 43.7. The van der Waals surface area contributed by atoms with E-state index in [9.17, 15) is 0 Å². The first-order valence-electron chi connectivity index (χ1n) is 26.1. The molecule has 71 heavy (non-hydrogen) atoms. The van der Waals surface area contributed by atoms with E-state index >= 15 is 0 Å². The third-order valence-corrected chi connectivity index (χ3v) is 18.6. The van der Waals surface area contributed by atoms with E-state index in [4.69, 9.17) is 0 Å². The van der Waals surface area contributed by atoms with Crippen LogP contribution in [0, 0.1) is 0 Å². The number of thiophene rings is 1. The van der Waals surface area contributed by atoms with Gasteiger partial charge in [-0.3, -0.25) is 0 Å². The van der Waals surface area contributed by atoms with Gasteiger partial charge in [-0.2, -0.15) is 0 Å². The largest absolute Gasteiger partial charge is 0.376 e. The summed E-state index contributed by atoms with van der Waals surface area (Å²) in [6.45, 7) is 28.8. The summed E-state index contributed by atoms with van der Waals surface area (Å²) in [6, 6.07) is 59.5. The maximum atomic E-state index is 2.78. The molecule has 0 saturated heterocycles. The molecular weight excluding hydrogens is 876 g/mol. The number of benzene rings is 8. The molecule has 0 spiro atoms. The predicted molar refractivity (Wildman–Crippen MR) is 309 cm³/mol. The van der Waals surface area contributed by atoms with Crippen LogP contribution in [0.4, 0.5) is 28.4 Å². The summed E-state index contributed by atoms with van der Waals surface area (Å²) in [6.07, 6.45) is 2.32. The Labute approximate surface area is 426 Å². The Morgan fingerprint density at radius 2 is 1.15 bits per heavy atom. The van der Waals surface area contributed by atoms with Crippen LogP contribution in [-0.4, -0.2) is 6.85 Å². The Balaban J connectivity index is 1.24. The summed E-state index contributed by atoms with van der Waals surface area (Å²) in [5.74, 6) is 0. The Morgan fingerprint density at radius 1 is 0.507 bits per heavy atom.